The molecule has 6 heteroatoms. The van der Waals surface area contributed by atoms with Gasteiger partial charge in [0.25, 0.3) is 0 Å². The molecule has 1 unspecified atom stereocenters. The highest BCUT2D eigenvalue weighted by molar-refractivity contribution is 7.15. The maximum absolute atomic E-state index is 5.63. The van der Waals surface area contributed by atoms with Crippen molar-refractivity contribution in [1.82, 2.24) is 10.2 Å². The molecule has 1 aromatic heterocycles. The second kappa shape index (κ2) is 3.66. The third-order valence-electron chi connectivity index (χ3n) is 1.51. The average Bonchev–Trinajstić information content (AvgIpc) is 2.54. The smallest absolute Gasteiger partial charge is 0.207 e. The summed E-state index contributed by atoms with van der Waals surface area (Å²) >= 11 is 6.96. The quantitative estimate of drug-likeness (QED) is 0.695. The molecule has 1 atom stereocenters. The topological polar surface area (TPSA) is 44.2 Å². The molecular weight excluding hydrogens is 200 g/mol. The molecule has 1 fully saturated rings. The van der Waals surface area contributed by atoms with Crippen molar-refractivity contribution < 1.29 is 9.47 Å². The van der Waals surface area contributed by atoms with E-state index in [2.05, 4.69) is 10.2 Å². The second-order valence-corrected chi connectivity index (χ2v) is 3.92. The van der Waals surface area contributed by atoms with Crippen LogP contribution in [0.25, 0.3) is 0 Å². The molecule has 0 aliphatic carbocycles. The minimum Gasteiger partial charge on any atom is -0.376 e. The summed E-state index contributed by atoms with van der Waals surface area (Å²) in [7, 11) is 0. The summed E-state index contributed by atoms with van der Waals surface area (Å²) in [6.45, 7) is 1.82. The highest BCUT2D eigenvalue weighted by Crippen LogP contribution is 2.25. The van der Waals surface area contributed by atoms with E-state index in [1.807, 2.05) is 0 Å². The molecule has 0 spiro atoms. The third kappa shape index (κ3) is 1.74. The molecule has 2 rings (SSSR count). The number of halogens is 1. The van der Waals surface area contributed by atoms with Crippen LogP contribution in [-0.4, -0.2) is 30.0 Å². The molecular formula is C6H7ClN2O2S. The largest absolute Gasteiger partial charge is 0.376 e. The van der Waals surface area contributed by atoms with Crippen molar-refractivity contribution in [2.75, 3.05) is 19.8 Å². The number of aromatic nitrogens is 2. The number of rotatable bonds is 1. The van der Waals surface area contributed by atoms with Gasteiger partial charge in [0.15, 0.2) is 0 Å². The van der Waals surface area contributed by atoms with E-state index in [0.717, 1.165) is 5.01 Å². The zero-order valence-electron chi connectivity index (χ0n) is 6.20. The molecule has 0 saturated carbocycles. The first-order chi connectivity index (χ1) is 5.86. The van der Waals surface area contributed by atoms with E-state index in [4.69, 9.17) is 21.1 Å². The van der Waals surface area contributed by atoms with E-state index in [0.29, 0.717) is 24.3 Å². The molecule has 1 aliphatic heterocycles. The Hall–Kier alpha value is -0.230. The van der Waals surface area contributed by atoms with Crippen molar-refractivity contribution >= 4 is 22.9 Å². The third-order valence-corrected chi connectivity index (χ3v) is 2.62. The van der Waals surface area contributed by atoms with Gasteiger partial charge in [0.2, 0.25) is 4.47 Å². The Morgan fingerprint density at radius 1 is 1.42 bits per heavy atom. The van der Waals surface area contributed by atoms with Crippen molar-refractivity contribution in [1.29, 1.82) is 0 Å². The first-order valence-corrected chi connectivity index (χ1v) is 4.74. The number of hydrogen-bond acceptors (Lipinski definition) is 5. The average molecular weight is 207 g/mol. The van der Waals surface area contributed by atoms with Crippen LogP contribution in [0.1, 0.15) is 11.1 Å². The van der Waals surface area contributed by atoms with E-state index in [9.17, 15) is 0 Å². The molecule has 0 N–H and O–H groups in total. The number of ether oxygens (including phenoxy) is 2. The Labute approximate surface area is 78.5 Å². The molecule has 1 saturated heterocycles. The van der Waals surface area contributed by atoms with Gasteiger partial charge in [-0.1, -0.05) is 11.3 Å². The molecule has 0 radical (unpaired) electrons. The standard InChI is InChI=1S/C6H7ClN2O2S/c7-6-9-8-5(12-6)4-3-10-1-2-11-4/h4H,1-3H2. The molecule has 0 aromatic carbocycles. The summed E-state index contributed by atoms with van der Waals surface area (Å²) in [4.78, 5) is 0. The van der Waals surface area contributed by atoms with Crippen LogP contribution in [0.3, 0.4) is 0 Å². The number of nitrogens with zero attached hydrogens (tertiary/aromatic N) is 2. The van der Waals surface area contributed by atoms with E-state index in [1.165, 1.54) is 11.3 Å². The highest BCUT2D eigenvalue weighted by Gasteiger charge is 2.20. The van der Waals surface area contributed by atoms with Crippen molar-refractivity contribution in [3.63, 3.8) is 0 Å². The molecule has 0 amide bonds. The fourth-order valence-corrected chi connectivity index (χ4v) is 1.85. The van der Waals surface area contributed by atoms with Gasteiger partial charge in [-0.05, 0) is 11.6 Å². The normalized spacial score (nSPS) is 24.2. The second-order valence-electron chi connectivity index (χ2n) is 2.33. The molecule has 66 valence electrons. The monoisotopic (exact) mass is 206 g/mol. The van der Waals surface area contributed by atoms with Crippen LogP contribution in [0.2, 0.25) is 4.47 Å². The lowest BCUT2D eigenvalue weighted by Crippen LogP contribution is -2.21. The van der Waals surface area contributed by atoms with Crippen molar-refractivity contribution in [3.05, 3.63) is 9.47 Å². The highest BCUT2D eigenvalue weighted by atomic mass is 35.5. The van der Waals surface area contributed by atoms with Gasteiger partial charge in [-0.3, -0.25) is 0 Å². The van der Waals surface area contributed by atoms with Gasteiger partial charge in [-0.2, -0.15) is 0 Å². The van der Waals surface area contributed by atoms with E-state index in [1.54, 1.807) is 0 Å². The van der Waals surface area contributed by atoms with Crippen LogP contribution in [-0.2, 0) is 9.47 Å². The van der Waals surface area contributed by atoms with Crippen LogP contribution >= 0.6 is 22.9 Å². The summed E-state index contributed by atoms with van der Waals surface area (Å²) in [5.41, 5.74) is 0. The fourth-order valence-electron chi connectivity index (χ4n) is 0.976. The summed E-state index contributed by atoms with van der Waals surface area (Å²) in [6, 6.07) is 0. The predicted octanol–water partition coefficient (Wildman–Crippen LogP) is 1.28. The minimum atomic E-state index is -0.0799. The molecule has 4 nitrogen and oxygen atoms in total. The molecule has 2 heterocycles. The van der Waals surface area contributed by atoms with Crippen molar-refractivity contribution in [2.45, 2.75) is 6.10 Å². The Morgan fingerprint density at radius 2 is 2.33 bits per heavy atom. The Bertz CT molecular complexity index is 262. The fraction of sp³-hybridized carbons (Fsp3) is 0.667. The van der Waals surface area contributed by atoms with E-state index < -0.39 is 0 Å². The van der Waals surface area contributed by atoms with Crippen LogP contribution in [0.15, 0.2) is 0 Å². The van der Waals surface area contributed by atoms with Crippen LogP contribution < -0.4 is 0 Å². The van der Waals surface area contributed by atoms with E-state index >= 15 is 0 Å². The van der Waals surface area contributed by atoms with Gasteiger partial charge in [0.1, 0.15) is 11.1 Å². The predicted molar refractivity (Wildman–Crippen MR) is 44.4 cm³/mol. The summed E-state index contributed by atoms with van der Waals surface area (Å²) in [5, 5.41) is 8.35. The first-order valence-electron chi connectivity index (χ1n) is 3.54. The SMILES string of the molecule is Clc1nnc(C2COCCO2)s1. The molecule has 0 bridgehead atoms. The van der Waals surface area contributed by atoms with E-state index in [-0.39, 0.29) is 6.10 Å². The Kier molecular flexibility index (Phi) is 2.55. The van der Waals surface area contributed by atoms with Crippen LogP contribution in [0, 0.1) is 0 Å². The van der Waals surface area contributed by atoms with Gasteiger partial charge in [-0.15, -0.1) is 10.2 Å². The summed E-state index contributed by atoms with van der Waals surface area (Å²) in [6.07, 6.45) is -0.0799. The lowest BCUT2D eigenvalue weighted by Gasteiger charge is -2.20. The minimum absolute atomic E-state index is 0.0799. The summed E-state index contributed by atoms with van der Waals surface area (Å²) in [5.74, 6) is 0. The van der Waals surface area contributed by atoms with Gasteiger partial charge in [0, 0.05) is 0 Å². The Balaban J connectivity index is 2.08. The van der Waals surface area contributed by atoms with Crippen molar-refractivity contribution in [3.8, 4) is 0 Å². The number of hydrogen-bond donors (Lipinski definition) is 0. The van der Waals surface area contributed by atoms with Crippen LogP contribution in [0.5, 0.6) is 0 Å². The van der Waals surface area contributed by atoms with Gasteiger partial charge >= 0.3 is 0 Å². The van der Waals surface area contributed by atoms with Gasteiger partial charge in [0.05, 0.1) is 19.8 Å². The summed E-state index contributed by atoms with van der Waals surface area (Å²) < 4.78 is 11.1. The van der Waals surface area contributed by atoms with Crippen LogP contribution in [0.4, 0.5) is 0 Å². The van der Waals surface area contributed by atoms with Crippen molar-refractivity contribution in [2.24, 2.45) is 0 Å². The lowest BCUT2D eigenvalue weighted by molar-refractivity contribution is -0.0903. The zero-order valence-corrected chi connectivity index (χ0v) is 7.77. The maximum Gasteiger partial charge on any atom is 0.207 e. The zero-order chi connectivity index (χ0) is 8.39. The lowest BCUT2D eigenvalue weighted by atomic mass is 10.4. The van der Waals surface area contributed by atoms with Gasteiger partial charge < -0.3 is 9.47 Å². The molecule has 12 heavy (non-hydrogen) atoms. The Morgan fingerprint density at radius 3 is 2.92 bits per heavy atom. The molecule has 1 aromatic rings. The maximum atomic E-state index is 5.63. The van der Waals surface area contributed by atoms with Gasteiger partial charge in [-0.25, -0.2) is 0 Å². The first kappa shape index (κ1) is 8.37. The molecule has 1 aliphatic rings.